The van der Waals surface area contributed by atoms with E-state index in [1.165, 1.54) is 11.9 Å². The van der Waals surface area contributed by atoms with Gasteiger partial charge in [0.15, 0.2) is 0 Å². The lowest BCUT2D eigenvalue weighted by Crippen LogP contribution is -2.53. The number of carbonyl (C=O) groups is 3. The number of hydrogen-bond acceptors (Lipinski definition) is 3. The molecule has 0 fully saturated rings. The monoisotopic (exact) mass is 371 g/mol. The van der Waals surface area contributed by atoms with E-state index in [4.69, 9.17) is 0 Å². The Morgan fingerprint density at radius 1 is 1.11 bits per heavy atom. The number of rotatable bonds is 8. The van der Waals surface area contributed by atoms with Crippen LogP contribution in [0.3, 0.4) is 0 Å². The maximum absolute atomic E-state index is 12.7. The van der Waals surface area contributed by atoms with Gasteiger partial charge in [0.2, 0.25) is 11.7 Å². The quantitative estimate of drug-likeness (QED) is 0.700. The zero-order chi connectivity index (χ0) is 20.1. The van der Waals surface area contributed by atoms with Crippen LogP contribution in [-0.4, -0.2) is 47.1 Å². The van der Waals surface area contributed by atoms with E-state index in [1.54, 1.807) is 13.8 Å². The first kappa shape index (κ1) is 20.7. The van der Waals surface area contributed by atoms with Gasteiger partial charge >= 0.3 is 0 Å². The first-order valence-electron chi connectivity index (χ1n) is 9.37. The molecule has 0 spiro atoms. The zero-order valence-corrected chi connectivity index (χ0v) is 16.7. The van der Waals surface area contributed by atoms with Crippen LogP contribution in [-0.2, 0) is 20.8 Å². The van der Waals surface area contributed by atoms with Gasteiger partial charge in [-0.3, -0.25) is 14.4 Å². The molecule has 27 heavy (non-hydrogen) atoms. The molecular weight excluding hydrogens is 342 g/mol. The van der Waals surface area contributed by atoms with Crippen molar-refractivity contribution in [2.45, 2.75) is 40.2 Å². The predicted octanol–water partition coefficient (Wildman–Crippen LogP) is 2.53. The fourth-order valence-electron chi connectivity index (χ4n) is 3.24. The number of H-pyrrole nitrogens is 1. The van der Waals surface area contributed by atoms with Gasteiger partial charge in [-0.1, -0.05) is 45.9 Å². The van der Waals surface area contributed by atoms with Gasteiger partial charge in [0.05, 0.1) is 0 Å². The second kappa shape index (κ2) is 8.84. The summed E-state index contributed by atoms with van der Waals surface area (Å²) in [7, 11) is 1.52. The summed E-state index contributed by atoms with van der Waals surface area (Å²) in [5.41, 5.74) is 2.20. The SMILES string of the molecule is CC(C)C(=O)C(=O)N(C)[C@H](C(=O)NCCc1c[nH]c2ccccc12)C(C)C. The van der Waals surface area contributed by atoms with E-state index in [2.05, 4.69) is 10.3 Å². The van der Waals surface area contributed by atoms with Crippen LogP contribution in [0.2, 0.25) is 0 Å². The standard InChI is InChI=1S/C21H29N3O3/c1-13(2)18(24(5)21(27)19(25)14(3)4)20(26)22-11-10-15-12-23-17-9-7-6-8-16(15)17/h6-9,12-14,18,23H,10-11H2,1-5H3,(H,22,26)/t18-/m0/s1. The van der Waals surface area contributed by atoms with E-state index < -0.39 is 23.7 Å². The highest BCUT2D eigenvalue weighted by molar-refractivity contribution is 6.37. The van der Waals surface area contributed by atoms with Crippen LogP contribution < -0.4 is 5.32 Å². The number of Topliss-reactive ketones (excluding diaryl/α,β-unsaturated/α-hetero) is 1. The Morgan fingerprint density at radius 3 is 2.41 bits per heavy atom. The number of nitrogens with one attached hydrogen (secondary N) is 2. The lowest BCUT2D eigenvalue weighted by atomic mass is 10.00. The van der Waals surface area contributed by atoms with Gasteiger partial charge in [-0.2, -0.15) is 0 Å². The van der Waals surface area contributed by atoms with Gasteiger partial charge in [-0.25, -0.2) is 0 Å². The molecule has 0 unspecified atom stereocenters. The Kier molecular flexibility index (Phi) is 6.77. The molecule has 2 amide bonds. The summed E-state index contributed by atoms with van der Waals surface area (Å²) in [5.74, 6) is -1.83. The largest absolute Gasteiger partial charge is 0.361 e. The summed E-state index contributed by atoms with van der Waals surface area (Å²) in [5, 5.41) is 4.05. The number of benzene rings is 1. The van der Waals surface area contributed by atoms with Crippen LogP contribution >= 0.6 is 0 Å². The van der Waals surface area contributed by atoms with Crippen molar-refractivity contribution in [2.24, 2.45) is 11.8 Å². The van der Waals surface area contributed by atoms with Crippen LogP contribution in [0.5, 0.6) is 0 Å². The summed E-state index contributed by atoms with van der Waals surface area (Å²) in [4.78, 5) is 41.5. The highest BCUT2D eigenvalue weighted by atomic mass is 16.2. The lowest BCUT2D eigenvalue weighted by Gasteiger charge is -2.30. The first-order chi connectivity index (χ1) is 12.7. The fourth-order valence-corrected chi connectivity index (χ4v) is 3.24. The maximum Gasteiger partial charge on any atom is 0.290 e. The number of para-hydroxylation sites is 1. The Morgan fingerprint density at radius 2 is 1.78 bits per heavy atom. The molecule has 0 radical (unpaired) electrons. The van der Waals surface area contributed by atoms with Crippen molar-refractivity contribution in [3.05, 3.63) is 36.0 Å². The van der Waals surface area contributed by atoms with Crippen molar-refractivity contribution in [1.29, 1.82) is 0 Å². The molecule has 1 aromatic carbocycles. The van der Waals surface area contributed by atoms with E-state index in [1.807, 2.05) is 44.3 Å². The first-order valence-corrected chi connectivity index (χ1v) is 9.37. The highest BCUT2D eigenvalue weighted by Gasteiger charge is 2.33. The number of likely N-dealkylation sites (N-methyl/N-ethyl adjacent to an activating group) is 1. The number of hydrogen-bond donors (Lipinski definition) is 2. The molecule has 1 atom stereocenters. The van der Waals surface area contributed by atoms with E-state index >= 15 is 0 Å². The van der Waals surface area contributed by atoms with Crippen LogP contribution in [0.15, 0.2) is 30.5 Å². The van der Waals surface area contributed by atoms with E-state index in [0.29, 0.717) is 13.0 Å². The summed E-state index contributed by atoms with van der Waals surface area (Å²) in [6, 6.07) is 7.34. The number of fused-ring (bicyclic) bond motifs is 1. The minimum absolute atomic E-state index is 0.105. The minimum atomic E-state index is -0.678. The molecule has 6 nitrogen and oxygen atoms in total. The van der Waals surface area contributed by atoms with Crippen molar-refractivity contribution in [3.8, 4) is 0 Å². The molecule has 0 bridgehead atoms. The smallest absolute Gasteiger partial charge is 0.290 e. The number of aromatic nitrogens is 1. The normalized spacial score (nSPS) is 12.4. The van der Waals surface area contributed by atoms with Crippen molar-refractivity contribution in [3.63, 3.8) is 0 Å². The van der Waals surface area contributed by atoms with Crippen molar-refractivity contribution in [1.82, 2.24) is 15.2 Å². The number of aromatic amines is 1. The summed E-state index contributed by atoms with van der Waals surface area (Å²) in [6.07, 6.45) is 2.64. The van der Waals surface area contributed by atoms with Gasteiger partial charge in [0.1, 0.15) is 6.04 Å². The molecule has 0 aliphatic carbocycles. The molecule has 0 saturated carbocycles. The van der Waals surface area contributed by atoms with Gasteiger partial charge in [-0.15, -0.1) is 0 Å². The molecule has 1 aromatic heterocycles. The molecule has 2 N–H and O–H groups in total. The molecule has 2 rings (SSSR count). The summed E-state index contributed by atoms with van der Waals surface area (Å²) in [6.45, 7) is 7.56. The molecule has 0 saturated heterocycles. The van der Waals surface area contributed by atoms with Gasteiger partial charge in [-0.05, 0) is 24.0 Å². The average molecular weight is 371 g/mol. The molecule has 146 valence electrons. The Bertz CT molecular complexity index is 823. The van der Waals surface area contributed by atoms with Crippen molar-refractivity contribution in [2.75, 3.05) is 13.6 Å². The number of nitrogens with zero attached hydrogens (tertiary/aromatic N) is 1. The van der Waals surface area contributed by atoms with Crippen LogP contribution in [0, 0.1) is 11.8 Å². The summed E-state index contributed by atoms with van der Waals surface area (Å²) >= 11 is 0. The van der Waals surface area contributed by atoms with Crippen LogP contribution in [0.4, 0.5) is 0 Å². The van der Waals surface area contributed by atoms with Crippen molar-refractivity contribution >= 4 is 28.5 Å². The van der Waals surface area contributed by atoms with E-state index in [0.717, 1.165) is 16.5 Å². The predicted molar refractivity (Wildman–Crippen MR) is 106 cm³/mol. The van der Waals surface area contributed by atoms with E-state index in [9.17, 15) is 14.4 Å². The Hall–Kier alpha value is -2.63. The third-order valence-electron chi connectivity index (χ3n) is 4.74. The van der Waals surface area contributed by atoms with E-state index in [-0.39, 0.29) is 11.8 Å². The van der Waals surface area contributed by atoms with Gasteiger partial charge in [0.25, 0.3) is 5.91 Å². The molecular formula is C21H29N3O3. The maximum atomic E-state index is 12.7. The van der Waals surface area contributed by atoms with Crippen molar-refractivity contribution < 1.29 is 14.4 Å². The number of carbonyl (C=O) groups excluding carboxylic acids is 3. The summed E-state index contributed by atoms with van der Waals surface area (Å²) < 4.78 is 0. The van der Waals surface area contributed by atoms with Gasteiger partial charge < -0.3 is 15.2 Å². The van der Waals surface area contributed by atoms with Crippen LogP contribution in [0.25, 0.3) is 10.9 Å². The minimum Gasteiger partial charge on any atom is -0.361 e. The topological polar surface area (TPSA) is 82.3 Å². The molecule has 1 heterocycles. The van der Waals surface area contributed by atoms with Crippen LogP contribution in [0.1, 0.15) is 33.3 Å². The third-order valence-corrected chi connectivity index (χ3v) is 4.74. The number of ketones is 1. The molecule has 2 aromatic rings. The second-order valence-corrected chi connectivity index (χ2v) is 7.52. The Labute approximate surface area is 160 Å². The third kappa shape index (κ3) is 4.76. The molecule has 6 heteroatoms. The second-order valence-electron chi connectivity index (χ2n) is 7.52. The molecule has 0 aliphatic rings. The number of amides is 2. The Balaban J connectivity index is 2.00. The average Bonchev–Trinajstić information content (AvgIpc) is 3.03. The lowest BCUT2D eigenvalue weighted by molar-refractivity contribution is -0.149. The van der Waals surface area contributed by atoms with Gasteiger partial charge in [0, 0.05) is 36.6 Å². The fraction of sp³-hybridized carbons (Fsp3) is 0.476. The molecule has 0 aliphatic heterocycles. The zero-order valence-electron chi connectivity index (χ0n) is 16.7. The highest BCUT2D eigenvalue weighted by Crippen LogP contribution is 2.18.